The van der Waals surface area contributed by atoms with Crippen LogP contribution in [0.15, 0.2) is 83.8 Å². The van der Waals surface area contributed by atoms with E-state index in [0.29, 0.717) is 0 Å². The van der Waals surface area contributed by atoms with Crippen molar-refractivity contribution < 1.29 is 4.74 Å². The van der Waals surface area contributed by atoms with Gasteiger partial charge in [-0.15, -0.1) is 11.8 Å². The van der Waals surface area contributed by atoms with Gasteiger partial charge in [0.15, 0.2) is 0 Å². The second-order valence-corrected chi connectivity index (χ2v) is 6.08. The minimum atomic E-state index is 0.904. The fourth-order valence-corrected chi connectivity index (χ4v) is 3.12. The van der Waals surface area contributed by atoms with Crippen LogP contribution in [0, 0.1) is 0 Å². The Hall–Kier alpha value is -2.19. The van der Waals surface area contributed by atoms with Crippen LogP contribution < -0.4 is 4.74 Å². The molecule has 0 aliphatic heterocycles. The minimum absolute atomic E-state index is 0.904. The standard InChI is InChI=1S/C20H18OS/c1-21-19-11-7-16(8-12-19)15-22-20-13-9-18(10-14-20)17-5-3-2-4-6-17/h2-14H,15H2,1H3. The van der Waals surface area contributed by atoms with Crippen molar-refractivity contribution in [1.29, 1.82) is 0 Å². The van der Waals surface area contributed by atoms with Gasteiger partial charge in [-0.2, -0.15) is 0 Å². The Kier molecular flexibility index (Phi) is 4.81. The third-order valence-corrected chi connectivity index (χ3v) is 4.61. The molecule has 2 heteroatoms. The summed E-state index contributed by atoms with van der Waals surface area (Å²) in [5.41, 5.74) is 3.82. The highest BCUT2D eigenvalue weighted by Crippen LogP contribution is 2.27. The zero-order chi connectivity index (χ0) is 15.2. The summed E-state index contributed by atoms with van der Waals surface area (Å²) in [6.45, 7) is 0. The molecule has 0 radical (unpaired) electrons. The first-order chi connectivity index (χ1) is 10.8. The van der Waals surface area contributed by atoms with Gasteiger partial charge in [0, 0.05) is 10.6 Å². The van der Waals surface area contributed by atoms with Gasteiger partial charge in [0.1, 0.15) is 5.75 Å². The van der Waals surface area contributed by atoms with Crippen molar-refractivity contribution >= 4 is 11.8 Å². The van der Waals surface area contributed by atoms with Gasteiger partial charge >= 0.3 is 0 Å². The Morgan fingerprint density at radius 2 is 1.36 bits per heavy atom. The molecule has 110 valence electrons. The lowest BCUT2D eigenvalue weighted by Gasteiger charge is -2.06. The van der Waals surface area contributed by atoms with Gasteiger partial charge in [0.2, 0.25) is 0 Å². The zero-order valence-electron chi connectivity index (χ0n) is 12.5. The number of hydrogen-bond acceptors (Lipinski definition) is 2. The molecule has 0 bridgehead atoms. The summed E-state index contributed by atoms with van der Waals surface area (Å²) < 4.78 is 5.18. The van der Waals surface area contributed by atoms with E-state index < -0.39 is 0 Å². The topological polar surface area (TPSA) is 9.23 Å². The molecular weight excluding hydrogens is 288 g/mol. The van der Waals surface area contributed by atoms with Crippen molar-refractivity contribution in [2.45, 2.75) is 10.6 Å². The Labute approximate surface area is 136 Å². The molecule has 0 N–H and O–H groups in total. The average Bonchev–Trinajstić information content (AvgIpc) is 2.61. The van der Waals surface area contributed by atoms with Crippen molar-refractivity contribution in [1.82, 2.24) is 0 Å². The number of methoxy groups -OCH3 is 1. The fourth-order valence-electron chi connectivity index (χ4n) is 2.26. The van der Waals surface area contributed by atoms with Crippen LogP contribution in [0.25, 0.3) is 11.1 Å². The Morgan fingerprint density at radius 1 is 0.727 bits per heavy atom. The summed E-state index contributed by atoms with van der Waals surface area (Å²) in [6, 6.07) is 27.5. The lowest BCUT2D eigenvalue weighted by Crippen LogP contribution is -1.84. The SMILES string of the molecule is COc1ccc(CSc2ccc(-c3ccccc3)cc2)cc1. The fraction of sp³-hybridized carbons (Fsp3) is 0.100. The second kappa shape index (κ2) is 7.19. The van der Waals surface area contributed by atoms with E-state index in [9.17, 15) is 0 Å². The number of ether oxygens (including phenoxy) is 1. The predicted octanol–water partition coefficient (Wildman–Crippen LogP) is 5.65. The monoisotopic (exact) mass is 306 g/mol. The van der Waals surface area contributed by atoms with E-state index in [1.165, 1.54) is 21.6 Å². The summed E-state index contributed by atoms with van der Waals surface area (Å²) in [4.78, 5) is 1.29. The second-order valence-electron chi connectivity index (χ2n) is 5.03. The zero-order valence-corrected chi connectivity index (χ0v) is 13.3. The number of thioether (sulfide) groups is 1. The lowest BCUT2D eigenvalue weighted by molar-refractivity contribution is 0.414. The summed E-state index contributed by atoms with van der Waals surface area (Å²) in [5.74, 6) is 1.87. The first-order valence-corrected chi connectivity index (χ1v) is 8.25. The van der Waals surface area contributed by atoms with E-state index in [1.54, 1.807) is 7.11 Å². The molecule has 0 aromatic heterocycles. The van der Waals surface area contributed by atoms with Gasteiger partial charge in [0.05, 0.1) is 7.11 Å². The largest absolute Gasteiger partial charge is 0.497 e. The molecule has 0 unspecified atom stereocenters. The van der Waals surface area contributed by atoms with E-state index in [2.05, 4.69) is 60.7 Å². The van der Waals surface area contributed by atoms with Crippen molar-refractivity contribution in [2.75, 3.05) is 7.11 Å². The smallest absolute Gasteiger partial charge is 0.118 e. The number of hydrogen-bond donors (Lipinski definition) is 0. The highest BCUT2D eigenvalue weighted by molar-refractivity contribution is 7.98. The van der Waals surface area contributed by atoms with Crippen molar-refractivity contribution in [3.05, 3.63) is 84.4 Å². The van der Waals surface area contributed by atoms with Crippen LogP contribution >= 0.6 is 11.8 Å². The maximum atomic E-state index is 5.18. The quantitative estimate of drug-likeness (QED) is 0.563. The predicted molar refractivity (Wildman–Crippen MR) is 94.4 cm³/mol. The van der Waals surface area contributed by atoms with E-state index >= 15 is 0 Å². The van der Waals surface area contributed by atoms with Crippen LogP contribution in [0.1, 0.15) is 5.56 Å². The lowest BCUT2D eigenvalue weighted by atomic mass is 10.1. The van der Waals surface area contributed by atoms with Crippen LogP contribution in [0.4, 0.5) is 0 Å². The highest BCUT2D eigenvalue weighted by Gasteiger charge is 2.00. The van der Waals surface area contributed by atoms with E-state index in [1.807, 2.05) is 30.0 Å². The molecule has 22 heavy (non-hydrogen) atoms. The van der Waals surface area contributed by atoms with Crippen LogP contribution in [0.5, 0.6) is 5.75 Å². The summed E-state index contributed by atoms with van der Waals surface area (Å²) in [6.07, 6.45) is 0. The molecule has 0 aliphatic carbocycles. The molecule has 0 saturated heterocycles. The molecule has 1 nitrogen and oxygen atoms in total. The van der Waals surface area contributed by atoms with Gasteiger partial charge in [-0.1, -0.05) is 54.6 Å². The Balaban J connectivity index is 1.63. The molecule has 0 fully saturated rings. The summed E-state index contributed by atoms with van der Waals surface area (Å²) in [7, 11) is 1.69. The Morgan fingerprint density at radius 3 is 2.00 bits per heavy atom. The number of benzene rings is 3. The van der Waals surface area contributed by atoms with Crippen LogP contribution in [0.3, 0.4) is 0 Å². The first-order valence-electron chi connectivity index (χ1n) is 7.26. The first kappa shape index (κ1) is 14.7. The molecule has 0 heterocycles. The molecule has 0 aliphatic rings. The summed E-state index contributed by atoms with van der Waals surface area (Å²) >= 11 is 1.85. The van der Waals surface area contributed by atoms with Gasteiger partial charge < -0.3 is 4.74 Å². The minimum Gasteiger partial charge on any atom is -0.497 e. The molecule has 3 aromatic carbocycles. The van der Waals surface area contributed by atoms with Crippen LogP contribution in [-0.2, 0) is 5.75 Å². The van der Waals surface area contributed by atoms with Crippen molar-refractivity contribution in [2.24, 2.45) is 0 Å². The molecule has 0 saturated carbocycles. The average molecular weight is 306 g/mol. The van der Waals surface area contributed by atoms with Crippen LogP contribution in [-0.4, -0.2) is 7.11 Å². The van der Waals surface area contributed by atoms with Gasteiger partial charge in [-0.3, -0.25) is 0 Å². The van der Waals surface area contributed by atoms with Gasteiger partial charge in [-0.25, -0.2) is 0 Å². The third-order valence-electron chi connectivity index (χ3n) is 3.53. The molecule has 0 amide bonds. The molecule has 3 rings (SSSR count). The van der Waals surface area contributed by atoms with Gasteiger partial charge in [0.25, 0.3) is 0 Å². The summed E-state index contributed by atoms with van der Waals surface area (Å²) in [5, 5.41) is 0. The van der Waals surface area contributed by atoms with Crippen molar-refractivity contribution in [3.63, 3.8) is 0 Å². The maximum absolute atomic E-state index is 5.18. The normalized spacial score (nSPS) is 10.4. The maximum Gasteiger partial charge on any atom is 0.118 e. The van der Waals surface area contributed by atoms with E-state index in [0.717, 1.165) is 11.5 Å². The molecule has 0 spiro atoms. The van der Waals surface area contributed by atoms with Gasteiger partial charge in [-0.05, 0) is 41.0 Å². The molecular formula is C20H18OS. The van der Waals surface area contributed by atoms with Crippen LogP contribution in [0.2, 0.25) is 0 Å². The van der Waals surface area contributed by atoms with Crippen molar-refractivity contribution in [3.8, 4) is 16.9 Å². The van der Waals surface area contributed by atoms with E-state index in [4.69, 9.17) is 4.74 Å². The highest BCUT2D eigenvalue weighted by atomic mass is 32.2. The molecule has 0 atom stereocenters. The number of rotatable bonds is 5. The third kappa shape index (κ3) is 3.71. The Bertz CT molecular complexity index is 703. The molecule has 3 aromatic rings. The van der Waals surface area contributed by atoms with E-state index in [-0.39, 0.29) is 0 Å².